The van der Waals surface area contributed by atoms with Crippen LogP contribution in [0.2, 0.25) is 0 Å². The molecule has 0 amide bonds. The molecule has 2 atom stereocenters. The van der Waals surface area contributed by atoms with Crippen molar-refractivity contribution >= 4 is 11.7 Å². The average Bonchev–Trinajstić information content (AvgIpc) is 3.29. The molecule has 4 rings (SSSR count). The molecular weight excluding hydrogens is 487 g/mol. The first-order valence-corrected chi connectivity index (χ1v) is 11.2. The van der Waals surface area contributed by atoms with E-state index in [9.17, 15) is 23.1 Å². The van der Waals surface area contributed by atoms with Crippen LogP contribution < -0.4 is 4.90 Å². The predicted molar refractivity (Wildman–Crippen MR) is 127 cm³/mol. The number of aryl methyl sites for hydroxylation is 1. The number of imidazole rings is 1. The molecule has 0 bridgehead atoms. The lowest BCUT2D eigenvalue weighted by molar-refractivity contribution is -0.142. The van der Waals surface area contributed by atoms with Crippen LogP contribution in [0.25, 0.3) is 0 Å². The van der Waals surface area contributed by atoms with Crippen LogP contribution in [0.3, 0.4) is 0 Å². The van der Waals surface area contributed by atoms with E-state index in [1.165, 1.54) is 21.9 Å². The number of aliphatic hydroxyl groups is 1. The van der Waals surface area contributed by atoms with Gasteiger partial charge in [-0.2, -0.15) is 18.4 Å². The highest BCUT2D eigenvalue weighted by molar-refractivity contribution is 5.92. The molecule has 11 heteroatoms. The van der Waals surface area contributed by atoms with E-state index in [1.54, 1.807) is 62.4 Å². The molecule has 1 aromatic heterocycles. The van der Waals surface area contributed by atoms with Crippen LogP contribution in [0.4, 0.5) is 18.9 Å². The highest BCUT2D eigenvalue weighted by atomic mass is 19.4. The summed E-state index contributed by atoms with van der Waals surface area (Å²) in [6.07, 6.45) is -2.88. The number of nitriles is 1. The molecule has 0 fully saturated rings. The van der Waals surface area contributed by atoms with Crippen molar-refractivity contribution in [1.82, 2.24) is 14.5 Å². The van der Waals surface area contributed by atoms with Crippen molar-refractivity contribution in [2.75, 3.05) is 11.9 Å². The molecule has 0 spiro atoms. The second-order valence-corrected chi connectivity index (χ2v) is 8.64. The SMILES string of the molecule is CC1=C(C(=O)OCc2cncn2C)C(c2ccc(C#N)cc2)N(C)C(O)N1c1cccc(C(F)(F)F)c1. The maximum Gasteiger partial charge on any atom is 0.416 e. The fraction of sp³-hybridized carbons (Fsp3) is 0.269. The predicted octanol–water partition coefficient (Wildman–Crippen LogP) is 4.10. The standard InChI is InChI=1S/C26H24F3N5O3/c1-16-22(24(35)37-14-21-13-31-15-32(21)2)23(18-9-7-17(12-30)8-10-18)33(3)25(36)34(16)20-6-4-5-19(11-20)26(27,28)29/h4-11,13,15,23,25,36H,14H2,1-3H3. The minimum Gasteiger partial charge on any atom is -0.456 e. The minimum atomic E-state index is -4.59. The summed E-state index contributed by atoms with van der Waals surface area (Å²) in [6.45, 7) is 1.47. The number of hydrogen-bond acceptors (Lipinski definition) is 7. The van der Waals surface area contributed by atoms with Crippen LogP contribution in [0.15, 0.2) is 72.3 Å². The lowest BCUT2D eigenvalue weighted by Gasteiger charge is -2.46. The number of nitrogens with zero attached hydrogens (tertiary/aromatic N) is 5. The van der Waals surface area contributed by atoms with Crippen LogP contribution >= 0.6 is 0 Å². The van der Waals surface area contributed by atoms with E-state index in [0.29, 0.717) is 16.8 Å². The van der Waals surface area contributed by atoms with Crippen molar-refractivity contribution in [2.24, 2.45) is 7.05 Å². The van der Waals surface area contributed by atoms with Crippen LogP contribution in [-0.2, 0) is 29.4 Å². The number of aliphatic hydroxyl groups excluding tert-OH is 1. The van der Waals surface area contributed by atoms with Gasteiger partial charge in [-0.3, -0.25) is 4.90 Å². The smallest absolute Gasteiger partial charge is 0.416 e. The van der Waals surface area contributed by atoms with Gasteiger partial charge in [0.2, 0.25) is 0 Å². The summed E-state index contributed by atoms with van der Waals surface area (Å²) in [5.74, 6) is -0.705. The molecule has 1 aliphatic heterocycles. The maximum absolute atomic E-state index is 13.5. The third kappa shape index (κ3) is 5.07. The number of allylic oxidation sites excluding steroid dienone is 1. The lowest BCUT2D eigenvalue weighted by atomic mass is 9.92. The third-order valence-electron chi connectivity index (χ3n) is 6.32. The number of hydrogen-bond donors (Lipinski definition) is 1. The lowest BCUT2D eigenvalue weighted by Crippen LogP contribution is -2.53. The highest BCUT2D eigenvalue weighted by Gasteiger charge is 2.42. The van der Waals surface area contributed by atoms with Gasteiger partial charge in [0, 0.05) is 18.4 Å². The first-order valence-electron chi connectivity index (χ1n) is 11.2. The van der Waals surface area contributed by atoms with Gasteiger partial charge in [-0.05, 0) is 49.9 Å². The third-order valence-corrected chi connectivity index (χ3v) is 6.32. The van der Waals surface area contributed by atoms with Gasteiger partial charge in [0.05, 0.1) is 47.0 Å². The average molecular weight is 512 g/mol. The van der Waals surface area contributed by atoms with Crippen LogP contribution in [0, 0.1) is 11.3 Å². The number of carbonyl (C=O) groups excluding carboxylic acids is 1. The highest BCUT2D eigenvalue weighted by Crippen LogP contribution is 2.41. The molecule has 1 aliphatic rings. The largest absolute Gasteiger partial charge is 0.456 e. The number of esters is 1. The van der Waals surface area contributed by atoms with Gasteiger partial charge < -0.3 is 19.3 Å². The summed E-state index contributed by atoms with van der Waals surface area (Å²) >= 11 is 0. The van der Waals surface area contributed by atoms with Crippen molar-refractivity contribution in [2.45, 2.75) is 32.1 Å². The Morgan fingerprint density at radius 2 is 1.89 bits per heavy atom. The number of alkyl halides is 3. The Hall–Kier alpha value is -4.14. The molecule has 2 aromatic carbocycles. The molecular formula is C26H24F3N5O3. The number of anilines is 1. The summed E-state index contributed by atoms with van der Waals surface area (Å²) in [7, 11) is 3.30. The monoisotopic (exact) mass is 511 g/mol. The van der Waals surface area contributed by atoms with Crippen molar-refractivity contribution in [1.29, 1.82) is 5.26 Å². The summed E-state index contributed by atoms with van der Waals surface area (Å²) in [6, 6.07) is 12.2. The van der Waals surface area contributed by atoms with Crippen molar-refractivity contribution < 1.29 is 27.8 Å². The molecule has 3 aromatic rings. The van der Waals surface area contributed by atoms with Gasteiger partial charge in [-0.25, -0.2) is 9.78 Å². The summed E-state index contributed by atoms with van der Waals surface area (Å²) in [5, 5.41) is 20.4. The van der Waals surface area contributed by atoms with E-state index in [4.69, 9.17) is 10.00 Å². The van der Waals surface area contributed by atoms with Gasteiger partial charge in [0.25, 0.3) is 0 Å². The van der Waals surface area contributed by atoms with Crippen LogP contribution in [0.5, 0.6) is 0 Å². The van der Waals surface area contributed by atoms with E-state index in [2.05, 4.69) is 4.98 Å². The molecule has 2 unspecified atom stereocenters. The molecule has 37 heavy (non-hydrogen) atoms. The van der Waals surface area contributed by atoms with Crippen LogP contribution in [-0.4, -0.2) is 38.9 Å². The Bertz CT molecular complexity index is 1380. The Morgan fingerprint density at radius 1 is 1.19 bits per heavy atom. The number of ether oxygens (including phenoxy) is 1. The number of carbonyl (C=O) groups is 1. The van der Waals surface area contributed by atoms with E-state index >= 15 is 0 Å². The van der Waals surface area contributed by atoms with Crippen molar-refractivity contribution in [3.05, 3.63) is 94.7 Å². The summed E-state index contributed by atoms with van der Waals surface area (Å²) in [5.41, 5.74) is 1.18. The van der Waals surface area contributed by atoms with Gasteiger partial charge >= 0.3 is 12.1 Å². The molecule has 8 nitrogen and oxygen atoms in total. The van der Waals surface area contributed by atoms with Gasteiger partial charge in [0.1, 0.15) is 6.61 Å². The maximum atomic E-state index is 13.5. The van der Waals surface area contributed by atoms with Crippen molar-refractivity contribution in [3.63, 3.8) is 0 Å². The number of rotatable bonds is 5. The van der Waals surface area contributed by atoms with E-state index in [-0.39, 0.29) is 23.6 Å². The molecule has 2 heterocycles. The normalized spacial score (nSPS) is 18.6. The second kappa shape index (κ2) is 10.1. The first kappa shape index (κ1) is 25.9. The Kier molecular flexibility index (Phi) is 7.07. The quantitative estimate of drug-likeness (QED) is 0.516. The Labute approximate surface area is 211 Å². The Balaban J connectivity index is 1.81. The summed E-state index contributed by atoms with van der Waals surface area (Å²) < 4.78 is 47.5. The minimum absolute atomic E-state index is 0.0573. The van der Waals surface area contributed by atoms with Gasteiger partial charge in [0.15, 0.2) is 6.35 Å². The van der Waals surface area contributed by atoms with Crippen molar-refractivity contribution in [3.8, 4) is 6.07 Å². The molecule has 0 saturated heterocycles. The van der Waals surface area contributed by atoms with E-state index in [1.807, 2.05) is 6.07 Å². The topological polar surface area (TPSA) is 94.6 Å². The van der Waals surface area contributed by atoms with Crippen LogP contribution in [0.1, 0.15) is 35.3 Å². The molecule has 1 N–H and O–H groups in total. The van der Waals surface area contributed by atoms with Gasteiger partial charge in [-0.15, -0.1) is 0 Å². The zero-order valence-corrected chi connectivity index (χ0v) is 20.3. The molecule has 0 aliphatic carbocycles. The fourth-order valence-electron chi connectivity index (χ4n) is 4.32. The number of halogens is 3. The van der Waals surface area contributed by atoms with E-state index < -0.39 is 30.1 Å². The van der Waals surface area contributed by atoms with Gasteiger partial charge in [-0.1, -0.05) is 18.2 Å². The number of likely N-dealkylation sites (N-methyl/N-ethyl adjacent to an activating group) is 1. The zero-order valence-electron chi connectivity index (χ0n) is 20.3. The first-order chi connectivity index (χ1) is 17.5. The molecule has 192 valence electrons. The summed E-state index contributed by atoms with van der Waals surface area (Å²) in [4.78, 5) is 20.2. The number of aromatic nitrogens is 2. The fourth-order valence-corrected chi connectivity index (χ4v) is 4.32. The molecule has 0 radical (unpaired) electrons. The van der Waals surface area contributed by atoms with E-state index in [0.717, 1.165) is 12.1 Å². The Morgan fingerprint density at radius 3 is 2.49 bits per heavy atom. The second-order valence-electron chi connectivity index (χ2n) is 8.64. The number of benzene rings is 2. The molecule has 0 saturated carbocycles. The zero-order chi connectivity index (χ0) is 26.9.